The second-order valence-corrected chi connectivity index (χ2v) is 21.0. The SMILES string of the molecule is CC(=O)Oc1ccc(NS(=O)(=O)c2ccc(CSP3(=O)OC[C@H]4O[C@@H](n5ccc(=O)[nH]c5=O)[C@H](F)[C@@H]4OP(=O)(O)OC[C@H]4O[C@@H](n5cnc6c(N)ncnc65)[C@H](O3)[C@@H]4F)cc2)cc1. The second kappa shape index (κ2) is 17.6. The first-order valence-electron chi connectivity index (χ1n) is 18.4. The summed E-state index contributed by atoms with van der Waals surface area (Å²) < 4.78 is 130. The third-order valence-electron chi connectivity index (χ3n) is 9.61. The Morgan fingerprint density at radius 2 is 1.67 bits per heavy atom. The van der Waals surface area contributed by atoms with Crippen LogP contribution in [0.5, 0.6) is 5.75 Å². The van der Waals surface area contributed by atoms with Crippen LogP contribution in [0.3, 0.4) is 0 Å². The molecule has 63 heavy (non-hydrogen) atoms. The number of carbonyl (C=O) groups is 1. The van der Waals surface area contributed by atoms with Gasteiger partial charge in [-0.2, -0.15) is 0 Å². The minimum Gasteiger partial charge on any atom is -0.427 e. The van der Waals surface area contributed by atoms with E-state index in [4.69, 9.17) is 38.0 Å². The number of nitrogens with zero attached hydrogens (tertiary/aromatic N) is 5. The lowest BCUT2D eigenvalue weighted by molar-refractivity contribution is -0.131. The van der Waals surface area contributed by atoms with Crippen LogP contribution < -0.4 is 26.4 Å². The normalized spacial score (nSPS) is 30.2. The molecule has 2 unspecified atom stereocenters. The van der Waals surface area contributed by atoms with E-state index >= 15 is 8.78 Å². The number of esters is 1. The molecule has 29 heteroatoms. The number of carbonyl (C=O) groups excluding carboxylic acids is 1. The fourth-order valence-electron chi connectivity index (χ4n) is 6.68. The van der Waals surface area contributed by atoms with E-state index in [-0.39, 0.29) is 39.1 Å². The van der Waals surface area contributed by atoms with Crippen molar-refractivity contribution < 1.29 is 68.3 Å². The second-order valence-electron chi connectivity index (χ2n) is 13.9. The smallest absolute Gasteiger partial charge is 0.427 e. The number of phosphoric ester groups is 1. The number of nitrogen functional groups attached to an aromatic ring is 1. The molecule has 6 heterocycles. The molecule has 8 rings (SSSR count). The average molecular weight is 959 g/mol. The fourth-order valence-corrected chi connectivity index (χ4v) is 12.0. The highest BCUT2D eigenvalue weighted by Crippen LogP contribution is 2.65. The molecule has 336 valence electrons. The minimum atomic E-state index is -5.31. The largest absolute Gasteiger partial charge is 0.472 e. The lowest BCUT2D eigenvalue weighted by Gasteiger charge is -2.27. The monoisotopic (exact) mass is 958 g/mol. The number of H-pyrrole nitrogens is 1. The topological polar surface area (TPSA) is 307 Å². The first-order chi connectivity index (χ1) is 29.9. The summed E-state index contributed by atoms with van der Waals surface area (Å²) in [5.41, 5.74) is 4.70. The van der Waals surface area contributed by atoms with Crippen LogP contribution in [0.1, 0.15) is 24.9 Å². The van der Waals surface area contributed by atoms with Crippen molar-refractivity contribution in [3.8, 4) is 5.75 Å². The van der Waals surface area contributed by atoms with Crippen LogP contribution >= 0.6 is 26.0 Å². The lowest BCUT2D eigenvalue weighted by atomic mass is 10.1. The van der Waals surface area contributed by atoms with Crippen LogP contribution in [0.2, 0.25) is 0 Å². The summed E-state index contributed by atoms with van der Waals surface area (Å²) in [6, 6.07) is 11.8. The zero-order valence-electron chi connectivity index (χ0n) is 32.1. The van der Waals surface area contributed by atoms with Gasteiger partial charge in [0.1, 0.15) is 42.0 Å². The van der Waals surface area contributed by atoms with Crippen molar-refractivity contribution in [1.82, 2.24) is 29.1 Å². The van der Waals surface area contributed by atoms with E-state index in [1.807, 2.05) is 4.98 Å². The highest BCUT2D eigenvalue weighted by Gasteiger charge is 2.55. The van der Waals surface area contributed by atoms with Crippen molar-refractivity contribution in [3.63, 3.8) is 0 Å². The van der Waals surface area contributed by atoms with Crippen molar-refractivity contribution in [2.45, 2.75) is 66.8 Å². The van der Waals surface area contributed by atoms with Crippen LogP contribution in [-0.4, -0.2) is 98.3 Å². The summed E-state index contributed by atoms with van der Waals surface area (Å²) in [5.74, 6) is -0.627. The Balaban J connectivity index is 1.08. The Kier molecular flexibility index (Phi) is 12.5. The molecule has 0 amide bonds. The molecule has 10 atom stereocenters. The van der Waals surface area contributed by atoms with Gasteiger partial charge in [-0.3, -0.25) is 46.5 Å². The standard InChI is InChI=1S/C34H34F2N8O15P2S2/c1-17(45)55-20-6-4-19(5-7-20)42-63(51,52)21-8-2-18(3-9-21)14-62-61(50)54-13-23-28(26(36)32(57-23)43-11-10-24(46)41-34(43)47)58-60(48,49)53-12-22-25(35)29(59-61)33(56-22)44-16-40-27-30(37)38-15-39-31(27)44/h2-11,15-16,22-23,25-26,28-29,32-33,42H,12-14H2,1H3,(H,48,49)(H2,37,38,39)(H,41,46,47)/t22-,23-,25-,26-,28-,29-,32-,33-,61?/m1/s1. The predicted octanol–water partition coefficient (Wildman–Crippen LogP) is 3.11. The van der Waals surface area contributed by atoms with Crippen LogP contribution in [0.25, 0.3) is 11.2 Å². The van der Waals surface area contributed by atoms with E-state index in [0.717, 1.165) is 18.6 Å². The number of fused-ring (bicyclic) bond motifs is 4. The van der Waals surface area contributed by atoms with Crippen molar-refractivity contribution in [3.05, 3.63) is 99.9 Å². The molecule has 3 aliphatic rings. The van der Waals surface area contributed by atoms with Gasteiger partial charge in [-0.25, -0.2) is 46.1 Å². The summed E-state index contributed by atoms with van der Waals surface area (Å²) in [7, 11) is -9.45. The molecule has 3 saturated heterocycles. The molecule has 5 N–H and O–H groups in total. The van der Waals surface area contributed by atoms with Gasteiger partial charge in [0.2, 0.25) is 0 Å². The number of nitrogens with one attached hydrogen (secondary N) is 2. The van der Waals surface area contributed by atoms with Gasteiger partial charge in [0.05, 0.1) is 24.4 Å². The summed E-state index contributed by atoms with van der Waals surface area (Å²) >= 11 is 0.508. The van der Waals surface area contributed by atoms with Gasteiger partial charge < -0.3 is 24.8 Å². The number of benzene rings is 2. The molecular weight excluding hydrogens is 924 g/mol. The molecule has 0 radical (unpaired) electrons. The summed E-state index contributed by atoms with van der Waals surface area (Å²) in [5, 5.41) is 0. The third-order valence-corrected chi connectivity index (χ3v) is 15.7. The number of nitrogens with two attached hydrogens (primary N) is 1. The van der Waals surface area contributed by atoms with Crippen LogP contribution in [0, 0.1) is 0 Å². The number of sulfonamides is 1. The lowest BCUT2D eigenvalue weighted by Crippen LogP contribution is -2.36. The van der Waals surface area contributed by atoms with E-state index in [9.17, 15) is 36.8 Å². The molecule has 2 aromatic carbocycles. The molecule has 3 aliphatic heterocycles. The van der Waals surface area contributed by atoms with E-state index < -0.39 is 104 Å². The summed E-state index contributed by atoms with van der Waals surface area (Å²) in [4.78, 5) is 60.2. The number of rotatable bonds is 9. The van der Waals surface area contributed by atoms with Gasteiger partial charge in [0, 0.05) is 30.6 Å². The quantitative estimate of drug-likeness (QED) is 0.0937. The molecular formula is C34H34F2N8O15P2S2. The van der Waals surface area contributed by atoms with E-state index in [1.54, 1.807) is 0 Å². The van der Waals surface area contributed by atoms with Crippen molar-refractivity contribution in [2.24, 2.45) is 0 Å². The van der Waals surface area contributed by atoms with Gasteiger partial charge in [-0.05, 0) is 53.3 Å². The van der Waals surface area contributed by atoms with Gasteiger partial charge in [0.15, 0.2) is 36.3 Å². The molecule has 3 fully saturated rings. The zero-order chi connectivity index (χ0) is 44.8. The number of aromatic nitrogens is 6. The first-order valence-corrected chi connectivity index (χ1v) is 24.5. The predicted molar refractivity (Wildman–Crippen MR) is 214 cm³/mol. The number of anilines is 2. The van der Waals surface area contributed by atoms with Gasteiger partial charge >= 0.3 is 26.3 Å². The minimum absolute atomic E-state index is 0.0406. The fraction of sp³-hybridized carbons (Fsp3) is 0.353. The number of phosphoric acid groups is 1. The van der Waals surface area contributed by atoms with Crippen molar-refractivity contribution >= 4 is 64.7 Å². The highest BCUT2D eigenvalue weighted by atomic mass is 32.7. The maximum Gasteiger partial charge on any atom is 0.472 e. The molecule has 5 aromatic rings. The Bertz CT molecular complexity index is 2860. The molecule has 23 nitrogen and oxygen atoms in total. The molecule has 0 saturated carbocycles. The number of imidazole rings is 1. The van der Waals surface area contributed by atoms with Gasteiger partial charge in [-0.15, -0.1) is 0 Å². The molecule has 0 aliphatic carbocycles. The van der Waals surface area contributed by atoms with E-state index in [2.05, 4.69) is 19.7 Å². The Labute approximate surface area is 357 Å². The van der Waals surface area contributed by atoms with E-state index in [1.165, 1.54) is 66.3 Å². The number of ether oxygens (including phenoxy) is 3. The van der Waals surface area contributed by atoms with Gasteiger partial charge in [-0.1, -0.05) is 12.1 Å². The van der Waals surface area contributed by atoms with Crippen LogP contribution in [0.15, 0.2) is 87.9 Å². The summed E-state index contributed by atoms with van der Waals surface area (Å²) in [6.07, 6.45) is -12.2. The highest BCUT2D eigenvalue weighted by molar-refractivity contribution is 8.54. The number of halogens is 2. The van der Waals surface area contributed by atoms with E-state index in [0.29, 0.717) is 21.5 Å². The third kappa shape index (κ3) is 9.63. The first kappa shape index (κ1) is 44.7. The number of hydrogen-bond donors (Lipinski definition) is 4. The maximum atomic E-state index is 16.5. The number of alkyl halides is 2. The Hall–Kier alpha value is -4.92. The Morgan fingerprint density at radius 1 is 0.952 bits per heavy atom. The molecule has 0 spiro atoms. The van der Waals surface area contributed by atoms with Crippen LogP contribution in [0.4, 0.5) is 20.3 Å². The number of hydrogen-bond acceptors (Lipinski definition) is 19. The number of aromatic amines is 1. The van der Waals surface area contributed by atoms with Crippen LogP contribution in [-0.2, 0) is 57.3 Å². The Morgan fingerprint density at radius 3 is 2.38 bits per heavy atom. The average Bonchev–Trinajstić information content (AvgIpc) is 3.89. The molecule has 2 bridgehead atoms. The maximum absolute atomic E-state index is 16.5. The van der Waals surface area contributed by atoms with Crippen molar-refractivity contribution in [2.75, 3.05) is 23.7 Å². The van der Waals surface area contributed by atoms with Gasteiger partial charge in [0.25, 0.3) is 15.6 Å². The summed E-state index contributed by atoms with van der Waals surface area (Å²) in [6.45, 7) is -5.45. The zero-order valence-corrected chi connectivity index (χ0v) is 35.5. The van der Waals surface area contributed by atoms with Crippen molar-refractivity contribution in [1.29, 1.82) is 0 Å². The molecule has 3 aromatic heterocycles.